The topological polar surface area (TPSA) is 27.7 Å². The Morgan fingerprint density at radius 2 is 2.08 bits per heavy atom. The first kappa shape index (κ1) is 18.7. The molecule has 2 aliphatic carbocycles. The third kappa shape index (κ3) is 3.46. The fourth-order valence-electron chi connectivity index (χ4n) is 5.26. The minimum absolute atomic E-state index is 0.225. The Hall–Kier alpha value is -1.06. The van der Waals surface area contributed by atoms with Gasteiger partial charge in [0.15, 0.2) is 0 Å². The van der Waals surface area contributed by atoms with E-state index in [1.54, 1.807) is 12.7 Å². The molecule has 0 aliphatic heterocycles. The van der Waals surface area contributed by atoms with Crippen LogP contribution in [0.5, 0.6) is 5.75 Å². The Kier molecular flexibility index (Phi) is 5.75. The molecule has 0 bridgehead atoms. The van der Waals surface area contributed by atoms with Gasteiger partial charge >= 0.3 is 0 Å². The summed E-state index contributed by atoms with van der Waals surface area (Å²) in [5.41, 5.74) is 3.30. The molecule has 0 heterocycles. The predicted molar refractivity (Wildman–Crippen MR) is 101 cm³/mol. The van der Waals surface area contributed by atoms with Crippen LogP contribution in [0.15, 0.2) is 18.2 Å². The van der Waals surface area contributed by atoms with Gasteiger partial charge in [-0.15, -0.1) is 0 Å². The molecule has 1 fully saturated rings. The fourth-order valence-corrected chi connectivity index (χ4v) is 5.26. The van der Waals surface area contributed by atoms with Gasteiger partial charge in [-0.1, -0.05) is 19.9 Å². The number of rotatable bonds is 6. The van der Waals surface area contributed by atoms with E-state index in [2.05, 4.69) is 39.0 Å². The molecule has 1 aromatic rings. The molecule has 5 atom stereocenters. The first-order valence-corrected chi connectivity index (χ1v) is 9.87. The van der Waals surface area contributed by atoms with E-state index >= 15 is 0 Å². The quantitative estimate of drug-likeness (QED) is 0.665. The van der Waals surface area contributed by atoms with E-state index < -0.39 is 0 Å². The molecule has 0 aromatic heterocycles. The van der Waals surface area contributed by atoms with Gasteiger partial charge in [-0.3, -0.25) is 0 Å². The fraction of sp³-hybridized carbons (Fsp3) is 0.727. The van der Waals surface area contributed by atoms with Gasteiger partial charge in [0.2, 0.25) is 0 Å². The molecule has 140 valence electrons. The van der Waals surface area contributed by atoms with Crippen molar-refractivity contribution in [1.82, 2.24) is 0 Å². The van der Waals surface area contributed by atoms with Crippen molar-refractivity contribution >= 4 is 0 Å². The van der Waals surface area contributed by atoms with Crippen LogP contribution in [-0.2, 0) is 15.9 Å². The monoisotopic (exact) mass is 346 g/mol. The first-order chi connectivity index (χ1) is 12.0. The molecule has 3 heteroatoms. The molecule has 0 radical (unpaired) electrons. The SMILES string of the molecule is CCOc1ccc2c(c1)CCC1C2CCC(C)(C(C)OCOC)C1C. The van der Waals surface area contributed by atoms with Crippen LogP contribution in [0.3, 0.4) is 0 Å². The second-order valence-corrected chi connectivity index (χ2v) is 8.15. The Bertz CT molecular complexity index is 585. The molecule has 25 heavy (non-hydrogen) atoms. The maximum Gasteiger partial charge on any atom is 0.146 e. The minimum atomic E-state index is 0.225. The van der Waals surface area contributed by atoms with Crippen molar-refractivity contribution in [2.75, 3.05) is 20.5 Å². The highest BCUT2D eigenvalue weighted by atomic mass is 16.7. The zero-order valence-electron chi connectivity index (χ0n) is 16.5. The van der Waals surface area contributed by atoms with E-state index in [-0.39, 0.29) is 11.5 Å². The number of aryl methyl sites for hydroxylation is 1. The van der Waals surface area contributed by atoms with Crippen LogP contribution in [0.25, 0.3) is 0 Å². The summed E-state index contributed by atoms with van der Waals surface area (Å²) in [4.78, 5) is 0. The van der Waals surface area contributed by atoms with Crippen molar-refractivity contribution in [2.24, 2.45) is 17.3 Å². The third-order valence-corrected chi connectivity index (χ3v) is 7.13. The lowest BCUT2D eigenvalue weighted by Crippen LogP contribution is -2.47. The zero-order valence-corrected chi connectivity index (χ0v) is 16.5. The minimum Gasteiger partial charge on any atom is -0.494 e. The molecule has 1 saturated carbocycles. The van der Waals surface area contributed by atoms with E-state index in [0.717, 1.165) is 18.3 Å². The van der Waals surface area contributed by atoms with Gasteiger partial charge in [-0.05, 0) is 86.0 Å². The standard InChI is InChI=1S/C22H34O3/c1-6-24-18-8-10-20-17(13-18)7-9-19-15(2)22(4,12-11-21(19)20)16(3)25-14-23-5/h8,10,13,15-16,19,21H,6-7,9,11-12,14H2,1-5H3. The summed E-state index contributed by atoms with van der Waals surface area (Å²) in [5.74, 6) is 3.11. The summed E-state index contributed by atoms with van der Waals surface area (Å²) in [5, 5.41) is 0. The molecule has 0 N–H and O–H groups in total. The Labute approximate surface area is 153 Å². The Balaban J connectivity index is 1.79. The number of methoxy groups -OCH3 is 1. The van der Waals surface area contributed by atoms with E-state index in [1.807, 2.05) is 6.92 Å². The number of fused-ring (bicyclic) bond motifs is 3. The molecular formula is C22H34O3. The molecule has 0 saturated heterocycles. The van der Waals surface area contributed by atoms with Gasteiger partial charge < -0.3 is 14.2 Å². The average molecular weight is 347 g/mol. The van der Waals surface area contributed by atoms with Crippen LogP contribution in [0.1, 0.15) is 64.0 Å². The van der Waals surface area contributed by atoms with Gasteiger partial charge in [0.05, 0.1) is 12.7 Å². The Morgan fingerprint density at radius 1 is 1.28 bits per heavy atom. The molecule has 3 nitrogen and oxygen atoms in total. The van der Waals surface area contributed by atoms with E-state index in [0.29, 0.717) is 18.6 Å². The summed E-state index contributed by atoms with van der Waals surface area (Å²) < 4.78 is 16.8. The molecular weight excluding hydrogens is 312 g/mol. The maximum absolute atomic E-state index is 5.96. The first-order valence-electron chi connectivity index (χ1n) is 9.87. The van der Waals surface area contributed by atoms with Gasteiger partial charge in [0, 0.05) is 7.11 Å². The predicted octanol–water partition coefficient (Wildman–Crippen LogP) is 5.18. The largest absolute Gasteiger partial charge is 0.494 e. The zero-order chi connectivity index (χ0) is 18.0. The number of ether oxygens (including phenoxy) is 3. The lowest BCUT2D eigenvalue weighted by molar-refractivity contribution is -0.140. The number of benzene rings is 1. The van der Waals surface area contributed by atoms with Crippen LogP contribution in [-0.4, -0.2) is 26.6 Å². The molecule has 0 spiro atoms. The van der Waals surface area contributed by atoms with Crippen molar-refractivity contribution in [2.45, 2.75) is 65.4 Å². The second kappa shape index (κ2) is 7.67. The maximum atomic E-state index is 5.96. The Morgan fingerprint density at radius 3 is 2.80 bits per heavy atom. The average Bonchev–Trinajstić information content (AvgIpc) is 2.62. The number of hydrogen-bond donors (Lipinski definition) is 0. The molecule has 3 rings (SSSR count). The molecule has 2 aliphatic rings. The second-order valence-electron chi connectivity index (χ2n) is 8.15. The van der Waals surface area contributed by atoms with Gasteiger partial charge in [-0.25, -0.2) is 0 Å². The summed E-state index contributed by atoms with van der Waals surface area (Å²) in [6, 6.07) is 6.77. The van der Waals surface area contributed by atoms with E-state index in [4.69, 9.17) is 14.2 Å². The summed E-state index contributed by atoms with van der Waals surface area (Å²) in [6.45, 7) is 10.3. The smallest absolute Gasteiger partial charge is 0.146 e. The van der Waals surface area contributed by atoms with Crippen molar-refractivity contribution < 1.29 is 14.2 Å². The van der Waals surface area contributed by atoms with Crippen LogP contribution in [0.4, 0.5) is 0 Å². The molecule has 5 unspecified atom stereocenters. The van der Waals surface area contributed by atoms with E-state index in [9.17, 15) is 0 Å². The summed E-state index contributed by atoms with van der Waals surface area (Å²) in [7, 11) is 1.70. The lowest BCUT2D eigenvalue weighted by atomic mass is 9.54. The van der Waals surface area contributed by atoms with Crippen molar-refractivity contribution in [3.8, 4) is 5.75 Å². The van der Waals surface area contributed by atoms with Crippen molar-refractivity contribution in [3.63, 3.8) is 0 Å². The lowest BCUT2D eigenvalue weighted by Gasteiger charge is -2.53. The molecule has 0 amide bonds. The van der Waals surface area contributed by atoms with Crippen molar-refractivity contribution in [1.29, 1.82) is 0 Å². The van der Waals surface area contributed by atoms with Crippen LogP contribution >= 0.6 is 0 Å². The summed E-state index contributed by atoms with van der Waals surface area (Å²) in [6.07, 6.45) is 5.15. The van der Waals surface area contributed by atoms with Gasteiger partial charge in [0.25, 0.3) is 0 Å². The number of hydrogen-bond acceptors (Lipinski definition) is 3. The van der Waals surface area contributed by atoms with Gasteiger partial charge in [0.1, 0.15) is 12.5 Å². The highest BCUT2D eigenvalue weighted by Crippen LogP contribution is 2.56. The van der Waals surface area contributed by atoms with E-state index in [1.165, 1.54) is 31.2 Å². The van der Waals surface area contributed by atoms with Gasteiger partial charge in [-0.2, -0.15) is 0 Å². The molecule has 1 aromatic carbocycles. The van der Waals surface area contributed by atoms with Crippen LogP contribution in [0.2, 0.25) is 0 Å². The highest BCUT2D eigenvalue weighted by molar-refractivity contribution is 5.40. The summed E-state index contributed by atoms with van der Waals surface area (Å²) >= 11 is 0. The van der Waals surface area contributed by atoms with Crippen LogP contribution < -0.4 is 4.74 Å². The highest BCUT2D eigenvalue weighted by Gasteiger charge is 2.48. The third-order valence-electron chi connectivity index (χ3n) is 7.13. The van der Waals surface area contributed by atoms with Crippen LogP contribution in [0, 0.1) is 17.3 Å². The van der Waals surface area contributed by atoms with Crippen molar-refractivity contribution in [3.05, 3.63) is 29.3 Å². The normalized spacial score (nSPS) is 32.6.